The summed E-state index contributed by atoms with van der Waals surface area (Å²) in [6.07, 6.45) is -3.48. The number of hydrogen-bond acceptors (Lipinski definition) is 2. The molecule has 0 aliphatic carbocycles. The van der Waals surface area contributed by atoms with Crippen LogP contribution in [0.3, 0.4) is 0 Å². The number of carbonyl (C=O) groups is 1. The van der Waals surface area contributed by atoms with Gasteiger partial charge >= 0.3 is 6.18 Å². The molecule has 1 unspecified atom stereocenters. The van der Waals surface area contributed by atoms with Crippen LogP contribution in [-0.4, -0.2) is 37.5 Å². The Kier molecular flexibility index (Phi) is 6.70. The summed E-state index contributed by atoms with van der Waals surface area (Å²) in [7, 11) is 1.87. The van der Waals surface area contributed by atoms with Crippen molar-refractivity contribution in [3.63, 3.8) is 0 Å². The van der Waals surface area contributed by atoms with Crippen LogP contribution in [-0.2, 0) is 16.4 Å². The van der Waals surface area contributed by atoms with E-state index in [4.69, 9.17) is 0 Å². The third kappa shape index (κ3) is 4.42. The van der Waals surface area contributed by atoms with E-state index >= 15 is 0 Å². The van der Waals surface area contributed by atoms with Crippen molar-refractivity contribution in [1.29, 1.82) is 0 Å². The maximum absolute atomic E-state index is 12.9. The standard InChI is InChI=1S/C17H23F3N2O.ClH/c1-16(2,13-5-4-6-14(9-13)17(18,19)20)15(23)22-8-7-12(11-22)10-21-3;/h4-6,9,12,21H,7-8,10-11H2,1-3H3;1H. The first-order valence-electron chi connectivity index (χ1n) is 7.78. The molecule has 1 saturated heterocycles. The Bertz CT molecular complexity index is 575. The lowest BCUT2D eigenvalue weighted by Crippen LogP contribution is -2.42. The Balaban J connectivity index is 0.00000288. The van der Waals surface area contributed by atoms with Gasteiger partial charge in [0.2, 0.25) is 5.91 Å². The smallest absolute Gasteiger partial charge is 0.342 e. The Labute approximate surface area is 147 Å². The predicted molar refractivity (Wildman–Crippen MR) is 90.3 cm³/mol. The summed E-state index contributed by atoms with van der Waals surface area (Å²) >= 11 is 0. The van der Waals surface area contributed by atoms with Crippen molar-refractivity contribution >= 4 is 18.3 Å². The third-order valence-electron chi connectivity index (χ3n) is 4.51. The van der Waals surface area contributed by atoms with Crippen LogP contribution in [0.1, 0.15) is 31.4 Å². The highest BCUT2D eigenvalue weighted by molar-refractivity contribution is 5.87. The number of benzene rings is 1. The normalized spacial score (nSPS) is 18.4. The van der Waals surface area contributed by atoms with Gasteiger partial charge in [0.05, 0.1) is 11.0 Å². The first-order chi connectivity index (χ1) is 10.7. The van der Waals surface area contributed by atoms with Gasteiger partial charge in [0, 0.05) is 13.1 Å². The molecule has 1 aromatic rings. The van der Waals surface area contributed by atoms with Crippen LogP contribution >= 0.6 is 12.4 Å². The largest absolute Gasteiger partial charge is 0.416 e. The van der Waals surface area contributed by atoms with Crippen LogP contribution in [0.2, 0.25) is 0 Å². The monoisotopic (exact) mass is 364 g/mol. The topological polar surface area (TPSA) is 32.3 Å². The third-order valence-corrected chi connectivity index (χ3v) is 4.51. The lowest BCUT2D eigenvalue weighted by atomic mass is 9.82. The van der Waals surface area contributed by atoms with Crippen LogP contribution in [0, 0.1) is 5.92 Å². The summed E-state index contributed by atoms with van der Waals surface area (Å²) in [6.45, 7) is 5.54. The summed E-state index contributed by atoms with van der Waals surface area (Å²) in [5.74, 6) is 0.289. The quantitative estimate of drug-likeness (QED) is 0.887. The van der Waals surface area contributed by atoms with Gasteiger partial charge in [0.25, 0.3) is 0 Å². The molecule has 1 aromatic carbocycles. The summed E-state index contributed by atoms with van der Waals surface area (Å²) in [6, 6.07) is 5.07. The molecule has 1 fully saturated rings. The van der Waals surface area contributed by atoms with E-state index in [0.29, 0.717) is 24.6 Å². The zero-order valence-corrected chi connectivity index (χ0v) is 14.9. The van der Waals surface area contributed by atoms with Crippen molar-refractivity contribution in [2.75, 3.05) is 26.7 Å². The van der Waals surface area contributed by atoms with Crippen LogP contribution in [0.25, 0.3) is 0 Å². The highest BCUT2D eigenvalue weighted by atomic mass is 35.5. The summed E-state index contributed by atoms with van der Waals surface area (Å²) in [5.41, 5.74) is -1.30. The minimum absolute atomic E-state index is 0. The maximum atomic E-state index is 12.9. The molecule has 1 aliphatic rings. The van der Waals surface area contributed by atoms with Gasteiger partial charge in [0.1, 0.15) is 0 Å². The van der Waals surface area contributed by atoms with Gasteiger partial charge in [-0.25, -0.2) is 0 Å². The molecule has 1 N–H and O–H groups in total. The van der Waals surface area contributed by atoms with E-state index in [1.165, 1.54) is 6.07 Å². The number of amides is 1. The van der Waals surface area contributed by atoms with E-state index in [2.05, 4.69) is 5.32 Å². The van der Waals surface area contributed by atoms with Gasteiger partial charge in [0.15, 0.2) is 0 Å². The molecule has 3 nitrogen and oxygen atoms in total. The van der Waals surface area contributed by atoms with Crippen molar-refractivity contribution in [2.24, 2.45) is 5.92 Å². The second-order valence-corrected chi connectivity index (χ2v) is 6.67. The number of nitrogens with zero attached hydrogens (tertiary/aromatic N) is 1. The molecule has 1 aliphatic heterocycles. The first-order valence-corrected chi connectivity index (χ1v) is 7.78. The number of alkyl halides is 3. The SMILES string of the molecule is CNCC1CCN(C(=O)C(C)(C)c2cccc(C(F)(F)F)c2)C1.Cl. The van der Waals surface area contributed by atoms with E-state index < -0.39 is 17.2 Å². The fourth-order valence-corrected chi connectivity index (χ4v) is 3.08. The van der Waals surface area contributed by atoms with Gasteiger partial charge in [-0.1, -0.05) is 18.2 Å². The number of likely N-dealkylation sites (tertiary alicyclic amines) is 1. The van der Waals surface area contributed by atoms with Crippen LogP contribution < -0.4 is 5.32 Å². The molecule has 1 amide bonds. The zero-order chi connectivity index (χ0) is 17.3. The van der Waals surface area contributed by atoms with E-state index in [0.717, 1.165) is 25.1 Å². The molecule has 1 atom stereocenters. The van der Waals surface area contributed by atoms with Crippen molar-refractivity contribution < 1.29 is 18.0 Å². The summed E-state index contributed by atoms with van der Waals surface area (Å²) < 4.78 is 38.7. The lowest BCUT2D eigenvalue weighted by molar-refractivity contribution is -0.138. The highest BCUT2D eigenvalue weighted by Crippen LogP contribution is 2.34. The number of halogens is 4. The minimum Gasteiger partial charge on any atom is -0.342 e. The second kappa shape index (κ2) is 7.74. The van der Waals surface area contributed by atoms with Crippen LogP contribution in [0.4, 0.5) is 13.2 Å². The van der Waals surface area contributed by atoms with Gasteiger partial charge in [-0.15, -0.1) is 12.4 Å². The molecular formula is C17H24ClF3N2O. The minimum atomic E-state index is -4.40. The Morgan fingerprint density at radius 2 is 1.92 bits per heavy atom. The molecule has 2 rings (SSSR count). The predicted octanol–water partition coefficient (Wildman–Crippen LogP) is 3.47. The summed E-state index contributed by atoms with van der Waals surface area (Å²) in [5, 5.41) is 3.10. The average Bonchev–Trinajstić information content (AvgIpc) is 2.94. The van der Waals surface area contributed by atoms with Crippen molar-refractivity contribution in [3.8, 4) is 0 Å². The maximum Gasteiger partial charge on any atom is 0.416 e. The van der Waals surface area contributed by atoms with E-state index in [1.807, 2.05) is 7.05 Å². The number of nitrogens with one attached hydrogen (secondary N) is 1. The van der Waals surface area contributed by atoms with Crippen molar-refractivity contribution in [1.82, 2.24) is 10.2 Å². The molecule has 0 spiro atoms. The number of hydrogen-bond donors (Lipinski definition) is 1. The van der Waals surface area contributed by atoms with Gasteiger partial charge < -0.3 is 10.2 Å². The summed E-state index contributed by atoms with van der Waals surface area (Å²) in [4.78, 5) is 14.6. The lowest BCUT2D eigenvalue weighted by Gasteiger charge is -2.30. The van der Waals surface area contributed by atoms with E-state index in [9.17, 15) is 18.0 Å². The van der Waals surface area contributed by atoms with Crippen LogP contribution in [0.15, 0.2) is 24.3 Å². The Morgan fingerprint density at radius 1 is 1.29 bits per heavy atom. The van der Waals surface area contributed by atoms with Crippen molar-refractivity contribution in [3.05, 3.63) is 35.4 Å². The molecular weight excluding hydrogens is 341 g/mol. The molecule has 1 heterocycles. The van der Waals surface area contributed by atoms with E-state index in [1.54, 1.807) is 24.8 Å². The zero-order valence-electron chi connectivity index (χ0n) is 14.1. The van der Waals surface area contributed by atoms with Crippen LogP contribution in [0.5, 0.6) is 0 Å². The van der Waals surface area contributed by atoms with Gasteiger partial charge in [-0.3, -0.25) is 4.79 Å². The molecule has 0 aromatic heterocycles. The molecule has 24 heavy (non-hydrogen) atoms. The highest BCUT2D eigenvalue weighted by Gasteiger charge is 2.38. The molecule has 0 radical (unpaired) electrons. The van der Waals surface area contributed by atoms with Crippen molar-refractivity contribution in [2.45, 2.75) is 31.9 Å². The fourth-order valence-electron chi connectivity index (χ4n) is 3.08. The average molecular weight is 365 g/mol. The number of rotatable bonds is 4. The number of carbonyl (C=O) groups excluding carboxylic acids is 1. The molecule has 136 valence electrons. The molecule has 7 heteroatoms. The molecule has 0 saturated carbocycles. The Morgan fingerprint density at radius 3 is 2.50 bits per heavy atom. The second-order valence-electron chi connectivity index (χ2n) is 6.67. The Hall–Kier alpha value is -1.27. The fraction of sp³-hybridized carbons (Fsp3) is 0.588. The molecule has 0 bridgehead atoms. The van der Waals surface area contributed by atoms with E-state index in [-0.39, 0.29) is 18.3 Å². The van der Waals surface area contributed by atoms with Gasteiger partial charge in [-0.2, -0.15) is 13.2 Å². The first kappa shape index (κ1) is 20.8. The van der Waals surface area contributed by atoms with Gasteiger partial charge in [-0.05, 0) is 51.4 Å².